The minimum absolute atomic E-state index is 0.0360. The monoisotopic (exact) mass is 802 g/mol. The summed E-state index contributed by atoms with van der Waals surface area (Å²) in [4.78, 5) is 12.4. The molecule has 0 rings (SSSR count). The molecular formula is C53H103NO3. The van der Waals surface area contributed by atoms with Crippen LogP contribution in [0, 0.1) is 0 Å². The van der Waals surface area contributed by atoms with Gasteiger partial charge in [-0.1, -0.05) is 263 Å². The van der Waals surface area contributed by atoms with Crippen molar-refractivity contribution in [1.29, 1.82) is 0 Å². The summed E-state index contributed by atoms with van der Waals surface area (Å²) in [6, 6.07) is -0.540. The van der Waals surface area contributed by atoms with Crippen LogP contribution in [0.2, 0.25) is 0 Å². The Balaban J connectivity index is 3.43. The second-order valence-corrected chi connectivity index (χ2v) is 17.9. The van der Waals surface area contributed by atoms with Crippen molar-refractivity contribution >= 4 is 5.91 Å². The third-order valence-corrected chi connectivity index (χ3v) is 12.2. The van der Waals surface area contributed by atoms with Crippen LogP contribution in [0.15, 0.2) is 24.3 Å². The van der Waals surface area contributed by atoms with Crippen LogP contribution >= 0.6 is 0 Å². The standard InChI is InChI=1S/C53H103NO3/c1-3-5-7-9-11-13-15-17-19-21-22-23-24-25-26-27-28-29-30-31-33-34-36-38-40-42-44-46-48-52(56)51(50-55)54-53(57)49-47-45-43-41-39-37-35-32-20-18-16-14-12-10-8-6-4-2/h12,14,18,20,51-52,55-56H,3-11,13,15-17,19,21-50H2,1-2H3,(H,54,57)/b14-12-,20-18-. The average Bonchev–Trinajstić information content (AvgIpc) is 3.22. The highest BCUT2D eigenvalue weighted by molar-refractivity contribution is 5.76. The van der Waals surface area contributed by atoms with Gasteiger partial charge in [-0.05, 0) is 44.9 Å². The molecule has 3 N–H and O–H groups in total. The van der Waals surface area contributed by atoms with Gasteiger partial charge in [0.05, 0.1) is 18.8 Å². The normalized spacial score (nSPS) is 13.0. The number of aliphatic hydroxyl groups excluding tert-OH is 2. The zero-order chi connectivity index (χ0) is 41.4. The zero-order valence-electron chi connectivity index (χ0n) is 38.9. The van der Waals surface area contributed by atoms with Crippen LogP contribution in [0.3, 0.4) is 0 Å². The first kappa shape index (κ1) is 55.9. The summed E-state index contributed by atoms with van der Waals surface area (Å²) in [7, 11) is 0. The van der Waals surface area contributed by atoms with E-state index in [-0.39, 0.29) is 12.5 Å². The summed E-state index contributed by atoms with van der Waals surface area (Å²) in [6.07, 6.45) is 64.3. The Bertz CT molecular complexity index is 825. The van der Waals surface area contributed by atoms with E-state index in [1.807, 2.05) is 0 Å². The number of carbonyl (C=O) groups excluding carboxylic acids is 1. The molecule has 338 valence electrons. The molecule has 0 aliphatic heterocycles. The molecule has 0 aromatic carbocycles. The Morgan fingerprint density at radius 1 is 0.421 bits per heavy atom. The maximum atomic E-state index is 12.4. The second-order valence-electron chi connectivity index (χ2n) is 17.9. The highest BCUT2D eigenvalue weighted by atomic mass is 16.3. The van der Waals surface area contributed by atoms with Crippen molar-refractivity contribution < 1.29 is 15.0 Å². The van der Waals surface area contributed by atoms with Gasteiger partial charge in [0, 0.05) is 6.42 Å². The smallest absolute Gasteiger partial charge is 0.220 e. The highest BCUT2D eigenvalue weighted by Crippen LogP contribution is 2.17. The highest BCUT2D eigenvalue weighted by Gasteiger charge is 2.20. The van der Waals surface area contributed by atoms with Gasteiger partial charge in [0.2, 0.25) is 5.91 Å². The van der Waals surface area contributed by atoms with Crippen LogP contribution in [0.4, 0.5) is 0 Å². The van der Waals surface area contributed by atoms with Gasteiger partial charge in [-0.15, -0.1) is 0 Å². The van der Waals surface area contributed by atoms with E-state index in [1.165, 1.54) is 231 Å². The number of hydrogen-bond donors (Lipinski definition) is 3. The van der Waals surface area contributed by atoms with Gasteiger partial charge in [-0.3, -0.25) is 4.79 Å². The molecular weight excluding hydrogens is 699 g/mol. The van der Waals surface area contributed by atoms with E-state index in [1.54, 1.807) is 0 Å². The zero-order valence-corrected chi connectivity index (χ0v) is 38.9. The molecule has 0 aromatic rings. The number of hydrogen-bond acceptors (Lipinski definition) is 3. The van der Waals surface area contributed by atoms with Crippen molar-refractivity contribution in [3.05, 3.63) is 24.3 Å². The van der Waals surface area contributed by atoms with Gasteiger partial charge in [0.1, 0.15) is 0 Å². The molecule has 4 nitrogen and oxygen atoms in total. The van der Waals surface area contributed by atoms with Gasteiger partial charge in [0.25, 0.3) is 0 Å². The Morgan fingerprint density at radius 2 is 0.719 bits per heavy atom. The van der Waals surface area contributed by atoms with Crippen LogP contribution < -0.4 is 5.32 Å². The molecule has 0 fully saturated rings. The summed E-state index contributed by atoms with van der Waals surface area (Å²) in [5, 5.41) is 23.3. The van der Waals surface area contributed by atoms with Crippen molar-refractivity contribution in [2.75, 3.05) is 6.61 Å². The van der Waals surface area contributed by atoms with Gasteiger partial charge < -0.3 is 15.5 Å². The molecule has 0 saturated carbocycles. The van der Waals surface area contributed by atoms with E-state index in [2.05, 4.69) is 43.5 Å². The molecule has 0 aliphatic rings. The first-order valence-electron chi connectivity index (χ1n) is 26.0. The second kappa shape index (κ2) is 49.2. The largest absolute Gasteiger partial charge is 0.394 e. The van der Waals surface area contributed by atoms with E-state index in [4.69, 9.17) is 0 Å². The minimum atomic E-state index is -0.662. The molecule has 0 bridgehead atoms. The number of aliphatic hydroxyl groups is 2. The molecule has 0 aromatic heterocycles. The molecule has 0 spiro atoms. The first-order chi connectivity index (χ1) is 28.2. The van der Waals surface area contributed by atoms with Gasteiger partial charge in [0.15, 0.2) is 0 Å². The predicted molar refractivity (Wildman–Crippen MR) is 253 cm³/mol. The number of amides is 1. The SMILES string of the molecule is CCCCC/C=C\C/C=C\CCCCCCCCCC(=O)NC(CO)C(O)CCCCCCCCCCCCCCCCCCCCCCCCCCCCCC. The number of nitrogens with one attached hydrogen (secondary N) is 1. The average molecular weight is 802 g/mol. The van der Waals surface area contributed by atoms with Crippen LogP contribution in [0.5, 0.6) is 0 Å². The molecule has 2 atom stereocenters. The number of rotatable bonds is 48. The fraction of sp³-hybridized carbons (Fsp3) is 0.906. The van der Waals surface area contributed by atoms with Crippen molar-refractivity contribution in [2.24, 2.45) is 0 Å². The minimum Gasteiger partial charge on any atom is -0.394 e. The van der Waals surface area contributed by atoms with Crippen LogP contribution in [0.25, 0.3) is 0 Å². The summed E-state index contributed by atoms with van der Waals surface area (Å²) >= 11 is 0. The van der Waals surface area contributed by atoms with E-state index in [0.717, 1.165) is 32.1 Å². The molecule has 1 amide bonds. The van der Waals surface area contributed by atoms with E-state index in [0.29, 0.717) is 12.8 Å². The summed E-state index contributed by atoms with van der Waals surface area (Å²) in [6.45, 7) is 4.35. The quantitative estimate of drug-likeness (QED) is 0.0424. The fourth-order valence-corrected chi connectivity index (χ4v) is 8.22. The molecule has 2 unspecified atom stereocenters. The number of unbranched alkanes of at least 4 members (excludes halogenated alkanes) is 37. The maximum Gasteiger partial charge on any atom is 0.220 e. The van der Waals surface area contributed by atoms with Crippen LogP contribution in [-0.2, 0) is 4.79 Å². The van der Waals surface area contributed by atoms with Gasteiger partial charge in [-0.25, -0.2) is 0 Å². The number of carbonyl (C=O) groups is 1. The molecule has 0 saturated heterocycles. The third kappa shape index (κ3) is 45.8. The molecule has 0 aliphatic carbocycles. The predicted octanol–water partition coefficient (Wildman–Crippen LogP) is 16.8. The van der Waals surface area contributed by atoms with E-state index in [9.17, 15) is 15.0 Å². The van der Waals surface area contributed by atoms with E-state index >= 15 is 0 Å². The third-order valence-electron chi connectivity index (χ3n) is 12.2. The summed E-state index contributed by atoms with van der Waals surface area (Å²) in [5.74, 6) is -0.0360. The lowest BCUT2D eigenvalue weighted by Crippen LogP contribution is -2.45. The lowest BCUT2D eigenvalue weighted by molar-refractivity contribution is -0.123. The van der Waals surface area contributed by atoms with Crippen molar-refractivity contribution in [2.45, 2.75) is 302 Å². The van der Waals surface area contributed by atoms with Crippen molar-refractivity contribution in [3.63, 3.8) is 0 Å². The number of allylic oxidation sites excluding steroid dienone is 4. The Kier molecular flexibility index (Phi) is 48.3. The Hall–Kier alpha value is -1.13. The Morgan fingerprint density at radius 3 is 1.09 bits per heavy atom. The molecule has 57 heavy (non-hydrogen) atoms. The van der Waals surface area contributed by atoms with Crippen LogP contribution in [-0.4, -0.2) is 34.9 Å². The summed E-state index contributed by atoms with van der Waals surface area (Å²) < 4.78 is 0. The first-order valence-corrected chi connectivity index (χ1v) is 26.0. The topological polar surface area (TPSA) is 69.6 Å². The molecule has 4 heteroatoms. The van der Waals surface area contributed by atoms with E-state index < -0.39 is 12.1 Å². The van der Waals surface area contributed by atoms with Crippen molar-refractivity contribution in [1.82, 2.24) is 5.32 Å². The lowest BCUT2D eigenvalue weighted by atomic mass is 10.0. The van der Waals surface area contributed by atoms with Gasteiger partial charge in [-0.2, -0.15) is 0 Å². The Labute approximate surface area is 358 Å². The molecule has 0 heterocycles. The van der Waals surface area contributed by atoms with Crippen molar-refractivity contribution in [3.8, 4) is 0 Å². The fourth-order valence-electron chi connectivity index (χ4n) is 8.22. The van der Waals surface area contributed by atoms with Gasteiger partial charge >= 0.3 is 0 Å². The lowest BCUT2D eigenvalue weighted by Gasteiger charge is -2.22. The maximum absolute atomic E-state index is 12.4. The summed E-state index contributed by atoms with van der Waals surface area (Å²) in [5.41, 5.74) is 0. The molecule has 0 radical (unpaired) electrons. The van der Waals surface area contributed by atoms with Crippen LogP contribution in [0.1, 0.15) is 290 Å².